The van der Waals surface area contributed by atoms with E-state index in [1.54, 1.807) is 15.6 Å². The first-order valence-corrected chi connectivity index (χ1v) is 14.7. The molecular weight excluding hydrogens is 562 g/mol. The van der Waals surface area contributed by atoms with Gasteiger partial charge in [-0.3, -0.25) is 0 Å². The monoisotopic (exact) mass is 595 g/mol. The lowest BCUT2D eigenvalue weighted by Gasteiger charge is -2.30. The highest BCUT2D eigenvalue weighted by molar-refractivity contribution is 5.37. The zero-order valence-corrected chi connectivity index (χ0v) is 24.6. The second kappa shape index (κ2) is 14.2. The SMILES string of the molecule is N=N/C(=C\NCc1ccccc1)C(OCc1ccccc1)(c1cn(Cc2ccccc2)nn1)c1cn(Cc2ccccc2)nn1. The Morgan fingerprint density at radius 3 is 1.58 bits per heavy atom. The fourth-order valence-corrected chi connectivity index (χ4v) is 5.07. The second-order valence-corrected chi connectivity index (χ2v) is 10.5. The van der Waals surface area contributed by atoms with Gasteiger partial charge in [0.05, 0.1) is 32.1 Å². The van der Waals surface area contributed by atoms with E-state index >= 15 is 0 Å². The van der Waals surface area contributed by atoms with Crippen molar-refractivity contribution in [2.75, 3.05) is 0 Å². The fourth-order valence-electron chi connectivity index (χ4n) is 5.07. The minimum Gasteiger partial charge on any atom is -0.385 e. The Bertz CT molecular complexity index is 1740. The summed E-state index contributed by atoms with van der Waals surface area (Å²) >= 11 is 0. The molecule has 4 aromatic carbocycles. The topological polar surface area (TPSA) is 119 Å². The zero-order valence-electron chi connectivity index (χ0n) is 24.6. The molecular formula is C35H33N9O. The molecule has 0 saturated heterocycles. The van der Waals surface area contributed by atoms with E-state index in [-0.39, 0.29) is 12.3 Å². The Balaban J connectivity index is 1.44. The van der Waals surface area contributed by atoms with Gasteiger partial charge in [0.2, 0.25) is 5.60 Å². The lowest BCUT2D eigenvalue weighted by molar-refractivity contribution is -0.0110. The van der Waals surface area contributed by atoms with Crippen LogP contribution in [0.15, 0.2) is 151 Å². The van der Waals surface area contributed by atoms with Crippen LogP contribution in [-0.2, 0) is 36.6 Å². The predicted molar refractivity (Wildman–Crippen MR) is 170 cm³/mol. The normalized spacial score (nSPS) is 11.8. The van der Waals surface area contributed by atoms with Crippen molar-refractivity contribution in [3.63, 3.8) is 0 Å². The summed E-state index contributed by atoms with van der Waals surface area (Å²) in [5, 5.41) is 25.5. The number of aromatic nitrogens is 6. The van der Waals surface area contributed by atoms with Crippen molar-refractivity contribution in [1.82, 2.24) is 35.3 Å². The molecule has 0 amide bonds. The molecule has 224 valence electrons. The Morgan fingerprint density at radius 1 is 0.667 bits per heavy atom. The van der Waals surface area contributed by atoms with E-state index in [9.17, 15) is 0 Å². The molecule has 0 aliphatic rings. The molecule has 0 aliphatic heterocycles. The van der Waals surface area contributed by atoms with Crippen LogP contribution in [0, 0.1) is 5.53 Å². The Morgan fingerprint density at radius 2 is 1.11 bits per heavy atom. The summed E-state index contributed by atoms with van der Waals surface area (Å²) in [4.78, 5) is 0. The average Bonchev–Trinajstić information content (AvgIpc) is 3.76. The van der Waals surface area contributed by atoms with Gasteiger partial charge in [-0.2, -0.15) is 5.11 Å². The standard InChI is InChI=1S/C35H33N9O/c36-38-32(22-37-21-28-13-5-1-6-14-28)35(45-27-31-19-11-4-12-20-31,33-25-43(41-39-33)23-29-15-7-2-8-16-29)34-26-44(42-40-34)24-30-17-9-3-10-18-30/h1-20,22,25-26,36-37H,21,23-24,27H2/b32-22-,38-36?. The quantitative estimate of drug-likeness (QED) is 0.147. The van der Waals surface area contributed by atoms with Crippen LogP contribution in [-0.4, -0.2) is 30.0 Å². The number of hydrogen-bond donors (Lipinski definition) is 2. The van der Waals surface area contributed by atoms with E-state index < -0.39 is 5.60 Å². The number of benzene rings is 4. The molecule has 0 aliphatic carbocycles. The molecule has 0 saturated carbocycles. The van der Waals surface area contributed by atoms with Gasteiger partial charge in [-0.05, 0) is 22.3 Å². The van der Waals surface area contributed by atoms with Crippen LogP contribution in [0.25, 0.3) is 0 Å². The van der Waals surface area contributed by atoms with Crippen molar-refractivity contribution in [3.8, 4) is 0 Å². The smallest absolute Gasteiger partial charge is 0.204 e. The van der Waals surface area contributed by atoms with E-state index in [4.69, 9.17) is 10.3 Å². The van der Waals surface area contributed by atoms with Gasteiger partial charge in [-0.15, -0.1) is 10.2 Å². The van der Waals surface area contributed by atoms with Crippen LogP contribution < -0.4 is 5.32 Å². The maximum Gasteiger partial charge on any atom is 0.204 e. The third kappa shape index (κ3) is 7.09. The van der Waals surface area contributed by atoms with Crippen molar-refractivity contribution in [2.24, 2.45) is 5.11 Å². The summed E-state index contributed by atoms with van der Waals surface area (Å²) in [6.07, 6.45) is 5.34. The van der Waals surface area contributed by atoms with Gasteiger partial charge in [0.15, 0.2) is 0 Å². The molecule has 0 spiro atoms. The summed E-state index contributed by atoms with van der Waals surface area (Å²) < 4.78 is 10.3. The summed E-state index contributed by atoms with van der Waals surface area (Å²) in [5.74, 6) is 0. The van der Waals surface area contributed by atoms with Gasteiger partial charge in [0.1, 0.15) is 17.1 Å². The van der Waals surface area contributed by atoms with E-state index in [0.717, 1.165) is 22.3 Å². The Labute approximate surface area is 261 Å². The van der Waals surface area contributed by atoms with Gasteiger partial charge in [-0.1, -0.05) is 132 Å². The Kier molecular flexibility index (Phi) is 9.23. The predicted octanol–water partition coefficient (Wildman–Crippen LogP) is 6.09. The summed E-state index contributed by atoms with van der Waals surface area (Å²) in [5.41, 5.74) is 12.2. The largest absolute Gasteiger partial charge is 0.385 e. The number of hydrogen-bond acceptors (Lipinski definition) is 8. The van der Waals surface area contributed by atoms with Crippen LogP contribution in [0.5, 0.6) is 0 Å². The lowest BCUT2D eigenvalue weighted by atomic mass is 9.92. The van der Waals surface area contributed by atoms with Crippen molar-refractivity contribution >= 4 is 0 Å². The molecule has 6 aromatic rings. The van der Waals surface area contributed by atoms with Gasteiger partial charge >= 0.3 is 0 Å². The molecule has 0 atom stereocenters. The number of nitrogens with one attached hydrogen (secondary N) is 2. The van der Waals surface area contributed by atoms with Crippen LogP contribution in [0.1, 0.15) is 33.6 Å². The van der Waals surface area contributed by atoms with Gasteiger partial charge < -0.3 is 10.1 Å². The minimum atomic E-state index is -1.51. The number of ether oxygens (including phenoxy) is 1. The molecule has 6 rings (SSSR count). The Hall–Kier alpha value is -5.74. The molecule has 0 radical (unpaired) electrons. The van der Waals surface area contributed by atoms with Gasteiger partial charge in [-0.25, -0.2) is 14.9 Å². The lowest BCUT2D eigenvalue weighted by Crippen LogP contribution is -2.35. The first kappa shape index (κ1) is 29.3. The fraction of sp³-hybridized carbons (Fsp3) is 0.143. The van der Waals surface area contributed by atoms with E-state index in [1.807, 2.05) is 134 Å². The van der Waals surface area contributed by atoms with Crippen LogP contribution >= 0.6 is 0 Å². The molecule has 0 fully saturated rings. The molecule has 0 bridgehead atoms. The minimum absolute atomic E-state index is 0.198. The summed E-state index contributed by atoms with van der Waals surface area (Å²) in [7, 11) is 0. The molecule has 2 heterocycles. The van der Waals surface area contributed by atoms with E-state index in [2.05, 4.69) is 31.1 Å². The number of nitrogens with zero attached hydrogens (tertiary/aromatic N) is 7. The molecule has 2 N–H and O–H groups in total. The van der Waals surface area contributed by atoms with Crippen molar-refractivity contribution in [2.45, 2.75) is 31.8 Å². The molecule has 45 heavy (non-hydrogen) atoms. The second-order valence-electron chi connectivity index (χ2n) is 10.5. The van der Waals surface area contributed by atoms with Crippen LogP contribution in [0.3, 0.4) is 0 Å². The third-order valence-corrected chi connectivity index (χ3v) is 7.34. The third-order valence-electron chi connectivity index (χ3n) is 7.34. The summed E-state index contributed by atoms with van der Waals surface area (Å²) in [6, 6.07) is 39.9. The van der Waals surface area contributed by atoms with E-state index in [0.29, 0.717) is 31.0 Å². The maximum atomic E-state index is 8.38. The summed E-state index contributed by atoms with van der Waals surface area (Å²) in [6.45, 7) is 1.73. The van der Waals surface area contributed by atoms with Crippen LogP contribution in [0.2, 0.25) is 0 Å². The molecule has 2 aromatic heterocycles. The highest BCUT2D eigenvalue weighted by Crippen LogP contribution is 2.40. The highest BCUT2D eigenvalue weighted by atomic mass is 16.5. The molecule has 0 unspecified atom stereocenters. The first-order chi connectivity index (χ1) is 22.2. The van der Waals surface area contributed by atoms with E-state index in [1.165, 1.54) is 0 Å². The van der Waals surface area contributed by atoms with Gasteiger partial charge in [0.25, 0.3) is 0 Å². The van der Waals surface area contributed by atoms with Crippen molar-refractivity contribution in [3.05, 3.63) is 179 Å². The van der Waals surface area contributed by atoms with Crippen molar-refractivity contribution in [1.29, 1.82) is 5.53 Å². The van der Waals surface area contributed by atoms with Gasteiger partial charge in [0, 0.05) is 12.7 Å². The van der Waals surface area contributed by atoms with Crippen molar-refractivity contribution < 1.29 is 4.74 Å². The number of rotatable bonds is 14. The maximum absolute atomic E-state index is 8.38. The zero-order chi connectivity index (χ0) is 30.7. The molecule has 10 heteroatoms. The first-order valence-electron chi connectivity index (χ1n) is 14.7. The molecule has 10 nitrogen and oxygen atoms in total. The van der Waals surface area contributed by atoms with Crippen LogP contribution in [0.4, 0.5) is 0 Å². The average molecular weight is 596 g/mol. The highest BCUT2D eigenvalue weighted by Gasteiger charge is 2.46.